The summed E-state index contributed by atoms with van der Waals surface area (Å²) >= 11 is 0. The highest BCUT2D eigenvalue weighted by molar-refractivity contribution is 7.92. The Hall–Kier alpha value is -2.89. The molecule has 0 spiro atoms. The van der Waals surface area contributed by atoms with Crippen molar-refractivity contribution in [1.82, 2.24) is 9.97 Å². The smallest absolute Gasteiger partial charge is 0.308 e. The number of anilines is 1. The van der Waals surface area contributed by atoms with E-state index in [0.29, 0.717) is 22.5 Å². The van der Waals surface area contributed by atoms with Crippen molar-refractivity contribution in [1.29, 1.82) is 0 Å². The zero-order valence-electron chi connectivity index (χ0n) is 19.7. The highest BCUT2D eigenvalue weighted by Gasteiger charge is 2.24. The standard InChI is InChI=1S/C23H30FN3O6S/c1-13(2)20-18(11-10-17(28)12-19(29)14(3)22(30)31)21(15-6-8-16(24)9-7-15)26-23(25-20)27(4)34(5,32)33/h6-11,13-14,17,19,28-29H,12H2,1-5H3,(H,30,31)/t14?,17-,19-/m1/s1. The van der Waals surface area contributed by atoms with Gasteiger partial charge in [-0.15, -0.1) is 0 Å². The topological polar surface area (TPSA) is 141 Å². The summed E-state index contributed by atoms with van der Waals surface area (Å²) in [5, 5.41) is 29.4. The highest BCUT2D eigenvalue weighted by atomic mass is 32.2. The number of aliphatic hydroxyl groups is 2. The van der Waals surface area contributed by atoms with Crippen molar-refractivity contribution in [2.75, 3.05) is 17.6 Å². The Morgan fingerprint density at radius 2 is 1.74 bits per heavy atom. The number of hydrogen-bond acceptors (Lipinski definition) is 7. The SMILES string of the molecule is CC(C)c1nc(N(C)S(C)(=O)=O)nc(-c2ccc(F)cc2)c1C=C[C@@H](O)C[C@@H](O)C(C)C(=O)O. The lowest BCUT2D eigenvalue weighted by Crippen LogP contribution is -2.28. The van der Waals surface area contributed by atoms with Gasteiger partial charge in [-0.3, -0.25) is 4.79 Å². The van der Waals surface area contributed by atoms with Crippen molar-refractivity contribution in [3.8, 4) is 11.3 Å². The highest BCUT2D eigenvalue weighted by Crippen LogP contribution is 2.31. The summed E-state index contributed by atoms with van der Waals surface area (Å²) in [4.78, 5) is 19.9. The molecule has 3 atom stereocenters. The van der Waals surface area contributed by atoms with Crippen molar-refractivity contribution >= 4 is 28.0 Å². The normalized spacial score (nSPS) is 14.9. The fourth-order valence-corrected chi connectivity index (χ4v) is 3.48. The lowest BCUT2D eigenvalue weighted by molar-refractivity contribution is -0.145. The molecule has 0 saturated carbocycles. The molecule has 186 valence electrons. The van der Waals surface area contributed by atoms with E-state index in [2.05, 4.69) is 9.97 Å². The summed E-state index contributed by atoms with van der Waals surface area (Å²) in [5.74, 6) is -2.93. The van der Waals surface area contributed by atoms with E-state index < -0.39 is 39.9 Å². The van der Waals surface area contributed by atoms with Crippen LogP contribution < -0.4 is 4.31 Å². The van der Waals surface area contributed by atoms with Gasteiger partial charge in [-0.2, -0.15) is 0 Å². The van der Waals surface area contributed by atoms with Gasteiger partial charge in [0.1, 0.15) is 5.82 Å². The number of aliphatic hydroxyl groups excluding tert-OH is 2. The van der Waals surface area contributed by atoms with Gasteiger partial charge in [-0.05, 0) is 37.1 Å². The average molecular weight is 496 g/mol. The van der Waals surface area contributed by atoms with Crippen LogP contribution in [0.5, 0.6) is 0 Å². The van der Waals surface area contributed by atoms with Crippen LogP contribution in [0.4, 0.5) is 10.3 Å². The Kier molecular flexibility index (Phi) is 8.87. The minimum absolute atomic E-state index is 0.0612. The Balaban J connectivity index is 2.61. The van der Waals surface area contributed by atoms with Gasteiger partial charge in [0.15, 0.2) is 0 Å². The monoisotopic (exact) mass is 495 g/mol. The molecule has 0 saturated heterocycles. The second kappa shape index (κ2) is 11.0. The number of carbonyl (C=O) groups is 1. The minimum Gasteiger partial charge on any atom is -0.481 e. The predicted octanol–water partition coefficient (Wildman–Crippen LogP) is 2.65. The van der Waals surface area contributed by atoms with Gasteiger partial charge < -0.3 is 15.3 Å². The number of carboxylic acid groups (broad SMARTS) is 1. The van der Waals surface area contributed by atoms with Gasteiger partial charge in [-0.25, -0.2) is 27.1 Å². The van der Waals surface area contributed by atoms with Crippen molar-refractivity contribution in [3.63, 3.8) is 0 Å². The fraction of sp³-hybridized carbons (Fsp3) is 0.435. The first-order chi connectivity index (χ1) is 15.7. The number of aromatic nitrogens is 2. The molecule has 1 heterocycles. The van der Waals surface area contributed by atoms with Crippen LogP contribution >= 0.6 is 0 Å². The first-order valence-corrected chi connectivity index (χ1v) is 12.5. The Bertz CT molecular complexity index is 1150. The molecule has 0 aliphatic rings. The van der Waals surface area contributed by atoms with Gasteiger partial charge >= 0.3 is 5.97 Å². The number of hydrogen-bond donors (Lipinski definition) is 3. The van der Waals surface area contributed by atoms with Crippen LogP contribution in [-0.4, -0.2) is 65.2 Å². The molecule has 2 rings (SSSR count). The van der Waals surface area contributed by atoms with E-state index in [1.54, 1.807) is 6.08 Å². The first-order valence-electron chi connectivity index (χ1n) is 10.6. The third-order valence-electron chi connectivity index (χ3n) is 5.34. The van der Waals surface area contributed by atoms with Gasteiger partial charge in [0, 0.05) is 24.6 Å². The molecule has 1 unspecified atom stereocenters. The van der Waals surface area contributed by atoms with Crippen molar-refractivity contribution < 1.29 is 32.9 Å². The second-order valence-electron chi connectivity index (χ2n) is 8.42. The maximum Gasteiger partial charge on any atom is 0.308 e. The fourth-order valence-electron chi connectivity index (χ4n) is 3.10. The molecule has 1 aromatic carbocycles. The van der Waals surface area contributed by atoms with Crippen LogP contribution in [0.1, 0.15) is 44.4 Å². The van der Waals surface area contributed by atoms with Crippen LogP contribution in [0, 0.1) is 11.7 Å². The van der Waals surface area contributed by atoms with Gasteiger partial charge in [-0.1, -0.05) is 26.0 Å². The molecular weight excluding hydrogens is 465 g/mol. The van der Waals surface area contributed by atoms with Crippen molar-refractivity contribution in [2.24, 2.45) is 5.92 Å². The molecule has 1 aromatic heterocycles. The summed E-state index contributed by atoms with van der Waals surface area (Å²) in [7, 11) is -2.33. The molecule has 0 fully saturated rings. The zero-order chi connectivity index (χ0) is 25.8. The van der Waals surface area contributed by atoms with Crippen LogP contribution in [0.25, 0.3) is 17.3 Å². The second-order valence-corrected chi connectivity index (χ2v) is 10.4. The number of aliphatic carboxylic acids is 1. The number of rotatable bonds is 10. The summed E-state index contributed by atoms with van der Waals surface area (Å²) in [5.41, 5.74) is 1.80. The quantitative estimate of drug-likeness (QED) is 0.457. The summed E-state index contributed by atoms with van der Waals surface area (Å²) in [6.45, 7) is 5.05. The van der Waals surface area contributed by atoms with E-state index >= 15 is 0 Å². The number of halogens is 1. The molecule has 9 nitrogen and oxygen atoms in total. The van der Waals surface area contributed by atoms with Crippen LogP contribution in [0.2, 0.25) is 0 Å². The Labute approximate surface area is 198 Å². The Morgan fingerprint density at radius 1 is 1.15 bits per heavy atom. The summed E-state index contributed by atoms with van der Waals surface area (Å²) in [6, 6.07) is 5.49. The van der Waals surface area contributed by atoms with Crippen molar-refractivity contribution in [3.05, 3.63) is 47.4 Å². The average Bonchev–Trinajstić information content (AvgIpc) is 2.75. The van der Waals surface area contributed by atoms with Crippen molar-refractivity contribution in [2.45, 2.75) is 45.3 Å². The molecular formula is C23H30FN3O6S. The third-order valence-corrected chi connectivity index (χ3v) is 6.50. The van der Waals surface area contributed by atoms with Crippen LogP contribution in [-0.2, 0) is 14.8 Å². The van der Waals surface area contributed by atoms with E-state index in [-0.39, 0.29) is 18.3 Å². The molecule has 2 aromatic rings. The van der Waals surface area contributed by atoms with Crippen LogP contribution in [0.3, 0.4) is 0 Å². The molecule has 0 aliphatic heterocycles. The largest absolute Gasteiger partial charge is 0.481 e. The number of carboxylic acids is 1. The van der Waals surface area contributed by atoms with Gasteiger partial charge in [0.2, 0.25) is 16.0 Å². The third kappa shape index (κ3) is 6.81. The van der Waals surface area contributed by atoms with E-state index in [1.807, 2.05) is 13.8 Å². The van der Waals surface area contributed by atoms with Gasteiger partial charge in [0.05, 0.1) is 35.8 Å². The number of benzene rings is 1. The summed E-state index contributed by atoms with van der Waals surface area (Å²) in [6.07, 6.45) is 1.31. The summed E-state index contributed by atoms with van der Waals surface area (Å²) < 4.78 is 38.7. The van der Waals surface area contributed by atoms with E-state index in [1.165, 1.54) is 44.3 Å². The lowest BCUT2D eigenvalue weighted by atomic mass is 9.96. The molecule has 0 aliphatic carbocycles. The zero-order valence-corrected chi connectivity index (χ0v) is 20.5. The molecule has 0 amide bonds. The molecule has 11 heteroatoms. The van der Waals surface area contributed by atoms with E-state index in [9.17, 15) is 27.8 Å². The van der Waals surface area contributed by atoms with Crippen LogP contribution in [0.15, 0.2) is 30.3 Å². The Morgan fingerprint density at radius 3 is 2.24 bits per heavy atom. The van der Waals surface area contributed by atoms with E-state index in [0.717, 1.165) is 10.6 Å². The first kappa shape index (κ1) is 27.4. The number of sulfonamides is 1. The maximum absolute atomic E-state index is 13.5. The predicted molar refractivity (Wildman–Crippen MR) is 127 cm³/mol. The minimum atomic E-state index is -3.66. The maximum atomic E-state index is 13.5. The van der Waals surface area contributed by atoms with E-state index in [4.69, 9.17) is 5.11 Å². The molecule has 3 N–H and O–H groups in total. The lowest BCUT2D eigenvalue weighted by Gasteiger charge is -2.21. The van der Waals surface area contributed by atoms with Gasteiger partial charge in [0.25, 0.3) is 0 Å². The number of nitrogens with zero attached hydrogens (tertiary/aromatic N) is 3. The molecule has 0 bridgehead atoms. The molecule has 0 radical (unpaired) electrons. The molecule has 34 heavy (non-hydrogen) atoms.